The van der Waals surface area contributed by atoms with Gasteiger partial charge in [0.1, 0.15) is 0 Å². The molecule has 1 aromatic heterocycles. The van der Waals surface area contributed by atoms with E-state index < -0.39 is 0 Å². The second kappa shape index (κ2) is 11.4. The zero-order chi connectivity index (χ0) is 19.1. The van der Waals surface area contributed by atoms with Crippen molar-refractivity contribution in [1.29, 1.82) is 0 Å². The second-order valence-corrected chi connectivity index (χ2v) is 7.40. The number of halogens is 1. The summed E-state index contributed by atoms with van der Waals surface area (Å²) >= 11 is 0. The van der Waals surface area contributed by atoms with E-state index in [1.807, 2.05) is 16.9 Å². The van der Waals surface area contributed by atoms with E-state index in [1.165, 1.54) is 24.9 Å². The molecule has 7 heteroatoms. The fourth-order valence-corrected chi connectivity index (χ4v) is 3.61. The van der Waals surface area contributed by atoms with Crippen molar-refractivity contribution in [1.82, 2.24) is 25.3 Å². The molecule has 0 saturated carbocycles. The number of aliphatic imine (C=N–C) groups is 1. The van der Waals surface area contributed by atoms with Crippen LogP contribution in [0.5, 0.6) is 0 Å². The lowest BCUT2D eigenvalue weighted by atomic mass is 9.99. The molecule has 0 radical (unpaired) electrons. The average Bonchev–Trinajstić information content (AvgIpc) is 3.21. The van der Waals surface area contributed by atoms with Crippen molar-refractivity contribution < 1.29 is 0 Å². The molecule has 28 heavy (non-hydrogen) atoms. The van der Waals surface area contributed by atoms with Crippen molar-refractivity contribution in [3.8, 4) is 5.69 Å². The molecule has 1 fully saturated rings. The Morgan fingerprint density at radius 3 is 2.93 bits per heavy atom. The molecule has 154 valence electrons. The first-order chi connectivity index (χ1) is 13.2. The number of likely N-dealkylation sites (tertiary alicyclic amines) is 1. The number of rotatable bonds is 6. The monoisotopic (exact) mass is 496 g/mol. The van der Waals surface area contributed by atoms with Gasteiger partial charge in [0.05, 0.1) is 11.7 Å². The van der Waals surface area contributed by atoms with Crippen molar-refractivity contribution in [2.75, 3.05) is 33.2 Å². The number of nitrogens with one attached hydrogen (secondary N) is 2. The van der Waals surface area contributed by atoms with E-state index in [9.17, 15) is 0 Å². The van der Waals surface area contributed by atoms with Crippen molar-refractivity contribution in [2.45, 2.75) is 32.7 Å². The first kappa shape index (κ1) is 22.7. The normalized spacial score (nSPS) is 19.0. The SMILES string of the molecule is CCNC(=NCC1CCCN(C)C1)NC(C)c1cccc(-n2cccn2)c1.I. The molecule has 0 aliphatic carbocycles. The maximum atomic E-state index is 4.86. The van der Waals surface area contributed by atoms with Crippen LogP contribution in [0, 0.1) is 5.92 Å². The van der Waals surface area contributed by atoms with Gasteiger partial charge < -0.3 is 15.5 Å². The number of benzene rings is 1. The molecular weight excluding hydrogens is 463 g/mol. The van der Waals surface area contributed by atoms with Gasteiger partial charge in [-0.05, 0) is 70.0 Å². The number of hydrogen-bond acceptors (Lipinski definition) is 3. The first-order valence-corrected chi connectivity index (χ1v) is 9.99. The summed E-state index contributed by atoms with van der Waals surface area (Å²) in [6.07, 6.45) is 6.31. The van der Waals surface area contributed by atoms with Gasteiger partial charge in [0.25, 0.3) is 0 Å². The molecule has 0 spiro atoms. The Morgan fingerprint density at radius 2 is 2.21 bits per heavy atom. The third-order valence-corrected chi connectivity index (χ3v) is 5.07. The lowest BCUT2D eigenvalue weighted by Gasteiger charge is -2.29. The highest BCUT2D eigenvalue weighted by atomic mass is 127. The summed E-state index contributed by atoms with van der Waals surface area (Å²) in [5.41, 5.74) is 2.28. The third-order valence-electron chi connectivity index (χ3n) is 5.07. The van der Waals surface area contributed by atoms with Gasteiger partial charge in [0.15, 0.2) is 5.96 Å². The van der Waals surface area contributed by atoms with Crippen LogP contribution in [0.3, 0.4) is 0 Å². The summed E-state index contributed by atoms with van der Waals surface area (Å²) in [7, 11) is 2.20. The van der Waals surface area contributed by atoms with E-state index >= 15 is 0 Å². The molecule has 0 bridgehead atoms. The van der Waals surface area contributed by atoms with E-state index in [2.05, 4.69) is 65.8 Å². The fourth-order valence-electron chi connectivity index (χ4n) is 3.61. The van der Waals surface area contributed by atoms with E-state index in [4.69, 9.17) is 4.99 Å². The number of guanidine groups is 1. The fraction of sp³-hybridized carbons (Fsp3) is 0.524. The molecule has 2 heterocycles. The Hall–Kier alpha value is -1.61. The van der Waals surface area contributed by atoms with Crippen LogP contribution in [0.4, 0.5) is 0 Å². The van der Waals surface area contributed by atoms with Crippen molar-refractivity contribution in [3.63, 3.8) is 0 Å². The predicted octanol–water partition coefficient (Wildman–Crippen LogP) is 3.45. The molecule has 1 aromatic carbocycles. The molecule has 2 unspecified atom stereocenters. The zero-order valence-corrected chi connectivity index (χ0v) is 19.5. The van der Waals surface area contributed by atoms with E-state index in [0.717, 1.165) is 31.3 Å². The molecule has 1 aliphatic heterocycles. The molecule has 3 rings (SSSR count). The summed E-state index contributed by atoms with van der Waals surface area (Å²) < 4.78 is 1.88. The summed E-state index contributed by atoms with van der Waals surface area (Å²) in [5, 5.41) is 11.3. The van der Waals surface area contributed by atoms with Crippen LogP contribution < -0.4 is 10.6 Å². The summed E-state index contributed by atoms with van der Waals surface area (Å²) in [5.74, 6) is 1.54. The highest BCUT2D eigenvalue weighted by molar-refractivity contribution is 14.0. The Bertz CT molecular complexity index is 730. The summed E-state index contributed by atoms with van der Waals surface area (Å²) in [4.78, 5) is 7.27. The quantitative estimate of drug-likeness (QED) is 0.366. The van der Waals surface area contributed by atoms with Gasteiger partial charge in [-0.25, -0.2) is 4.68 Å². The van der Waals surface area contributed by atoms with Gasteiger partial charge in [-0.1, -0.05) is 12.1 Å². The highest BCUT2D eigenvalue weighted by Gasteiger charge is 2.17. The molecule has 2 atom stereocenters. The number of aromatic nitrogens is 2. The maximum absolute atomic E-state index is 4.86. The van der Waals surface area contributed by atoms with Gasteiger partial charge in [-0.2, -0.15) is 5.10 Å². The Morgan fingerprint density at radius 1 is 1.36 bits per heavy atom. The van der Waals surface area contributed by atoms with Crippen LogP contribution in [0.25, 0.3) is 5.69 Å². The predicted molar refractivity (Wildman–Crippen MR) is 127 cm³/mol. The van der Waals surface area contributed by atoms with Gasteiger partial charge in [-0.15, -0.1) is 24.0 Å². The van der Waals surface area contributed by atoms with Crippen LogP contribution in [0.2, 0.25) is 0 Å². The minimum absolute atomic E-state index is 0. The van der Waals surface area contributed by atoms with Gasteiger partial charge in [-0.3, -0.25) is 4.99 Å². The minimum Gasteiger partial charge on any atom is -0.357 e. The van der Waals surface area contributed by atoms with Crippen LogP contribution in [-0.2, 0) is 0 Å². The second-order valence-electron chi connectivity index (χ2n) is 7.40. The number of nitrogens with zero attached hydrogens (tertiary/aromatic N) is 4. The average molecular weight is 496 g/mol. The first-order valence-electron chi connectivity index (χ1n) is 9.99. The molecule has 2 aromatic rings. The lowest BCUT2D eigenvalue weighted by Crippen LogP contribution is -2.40. The van der Waals surface area contributed by atoms with Crippen molar-refractivity contribution in [2.24, 2.45) is 10.9 Å². The molecular formula is C21H33IN6. The maximum Gasteiger partial charge on any atom is 0.191 e. The topological polar surface area (TPSA) is 57.5 Å². The molecule has 0 amide bonds. The van der Waals surface area contributed by atoms with E-state index in [0.29, 0.717) is 5.92 Å². The van der Waals surface area contributed by atoms with Gasteiger partial charge in [0.2, 0.25) is 0 Å². The Kier molecular flexibility index (Phi) is 9.24. The number of hydrogen-bond donors (Lipinski definition) is 2. The minimum atomic E-state index is 0. The van der Waals surface area contributed by atoms with Crippen molar-refractivity contribution in [3.05, 3.63) is 48.3 Å². The van der Waals surface area contributed by atoms with Crippen LogP contribution in [-0.4, -0.2) is 53.9 Å². The number of piperidine rings is 1. The Balaban J connectivity index is 0.00000280. The van der Waals surface area contributed by atoms with Gasteiger partial charge in [0, 0.05) is 32.0 Å². The summed E-state index contributed by atoms with van der Waals surface area (Å²) in [6, 6.07) is 10.6. The smallest absolute Gasteiger partial charge is 0.191 e. The van der Waals surface area contributed by atoms with E-state index in [1.54, 1.807) is 6.20 Å². The highest BCUT2D eigenvalue weighted by Crippen LogP contribution is 2.17. The van der Waals surface area contributed by atoms with Crippen LogP contribution in [0.1, 0.15) is 38.3 Å². The molecule has 1 aliphatic rings. The third kappa shape index (κ3) is 6.48. The summed E-state index contributed by atoms with van der Waals surface area (Å²) in [6.45, 7) is 8.36. The van der Waals surface area contributed by atoms with Gasteiger partial charge >= 0.3 is 0 Å². The molecule has 1 saturated heterocycles. The zero-order valence-electron chi connectivity index (χ0n) is 17.1. The van der Waals surface area contributed by atoms with Crippen LogP contribution >= 0.6 is 24.0 Å². The molecule has 2 N–H and O–H groups in total. The standard InChI is InChI=1S/C21H32N6.HI/c1-4-22-21(23-15-18-8-6-12-26(3)16-18)25-17(2)19-9-5-10-20(14-19)27-13-7-11-24-27;/h5,7,9-11,13-14,17-18H,4,6,8,12,15-16H2,1-3H3,(H2,22,23,25);1H. The largest absolute Gasteiger partial charge is 0.357 e. The van der Waals surface area contributed by atoms with Crippen molar-refractivity contribution >= 4 is 29.9 Å². The van der Waals surface area contributed by atoms with E-state index in [-0.39, 0.29) is 30.0 Å². The van der Waals surface area contributed by atoms with Crippen LogP contribution in [0.15, 0.2) is 47.7 Å². The molecule has 6 nitrogen and oxygen atoms in total. The Labute approximate surface area is 185 Å². The lowest BCUT2D eigenvalue weighted by molar-refractivity contribution is 0.214.